The molecule has 0 aliphatic carbocycles. The first-order chi connectivity index (χ1) is 11.1. The number of para-hydroxylation sites is 1. The Hall–Kier alpha value is -1.88. The molecule has 0 spiro atoms. The fraction of sp³-hybridized carbons (Fsp3) is 0.579. The van der Waals surface area contributed by atoms with E-state index < -0.39 is 0 Å². The summed E-state index contributed by atoms with van der Waals surface area (Å²) >= 11 is 0. The predicted molar refractivity (Wildman–Crippen MR) is 99.3 cm³/mol. The van der Waals surface area contributed by atoms with E-state index in [1.54, 1.807) is 4.90 Å². The van der Waals surface area contributed by atoms with E-state index in [4.69, 9.17) is 0 Å². The van der Waals surface area contributed by atoms with Gasteiger partial charge in [0, 0.05) is 19.2 Å². The molecule has 1 aromatic carbocycles. The molecule has 24 heavy (non-hydrogen) atoms. The van der Waals surface area contributed by atoms with Crippen molar-refractivity contribution in [1.82, 2.24) is 10.2 Å². The van der Waals surface area contributed by atoms with Crippen LogP contribution in [0.5, 0.6) is 0 Å². The number of carbonyl (C=O) groups excluding carboxylic acids is 2. The van der Waals surface area contributed by atoms with Crippen molar-refractivity contribution in [2.24, 2.45) is 0 Å². The van der Waals surface area contributed by atoms with Gasteiger partial charge in [0.1, 0.15) is 6.54 Å². The van der Waals surface area contributed by atoms with Crippen molar-refractivity contribution in [2.45, 2.75) is 39.5 Å². The molecule has 0 aliphatic heterocycles. The van der Waals surface area contributed by atoms with Gasteiger partial charge in [0.05, 0.1) is 0 Å². The molecule has 2 amide bonds. The first-order valence-electron chi connectivity index (χ1n) is 8.42. The molecule has 5 heteroatoms. The van der Waals surface area contributed by atoms with Crippen LogP contribution < -0.4 is 10.2 Å². The first-order valence-corrected chi connectivity index (χ1v) is 8.42. The summed E-state index contributed by atoms with van der Waals surface area (Å²) in [7, 11) is 4.01. The second kappa shape index (κ2) is 8.83. The maximum absolute atomic E-state index is 12.2. The lowest BCUT2D eigenvalue weighted by Gasteiger charge is -2.29. The molecule has 0 radical (unpaired) electrons. The lowest BCUT2D eigenvalue weighted by Crippen LogP contribution is -2.41. The number of nitrogens with zero attached hydrogens (tertiary/aromatic N) is 2. The quantitative estimate of drug-likeness (QED) is 0.780. The molecule has 0 fully saturated rings. The van der Waals surface area contributed by atoms with Gasteiger partial charge in [0.2, 0.25) is 11.8 Å². The summed E-state index contributed by atoms with van der Waals surface area (Å²) < 4.78 is 0. The SMILES string of the molecule is CC(=O)N(CC(=O)NCCCN(C)C)c1ccccc1C(C)(C)C. The summed E-state index contributed by atoms with van der Waals surface area (Å²) in [5, 5.41) is 2.89. The van der Waals surface area contributed by atoms with Crippen LogP contribution in [-0.4, -0.2) is 50.4 Å². The average molecular weight is 333 g/mol. The summed E-state index contributed by atoms with van der Waals surface area (Å²) in [5.41, 5.74) is 1.76. The van der Waals surface area contributed by atoms with Crippen LogP contribution in [0.25, 0.3) is 0 Å². The summed E-state index contributed by atoms with van der Waals surface area (Å²) in [6, 6.07) is 7.78. The molecule has 134 valence electrons. The number of amides is 2. The Morgan fingerprint density at radius 3 is 2.29 bits per heavy atom. The van der Waals surface area contributed by atoms with Gasteiger partial charge < -0.3 is 15.1 Å². The van der Waals surface area contributed by atoms with Gasteiger partial charge in [-0.15, -0.1) is 0 Å². The van der Waals surface area contributed by atoms with Crippen molar-refractivity contribution < 1.29 is 9.59 Å². The lowest BCUT2D eigenvalue weighted by molar-refractivity contribution is -0.123. The minimum absolute atomic E-state index is 0.0460. The van der Waals surface area contributed by atoms with E-state index in [0.717, 1.165) is 24.2 Å². The van der Waals surface area contributed by atoms with Crippen LogP contribution in [-0.2, 0) is 15.0 Å². The molecule has 0 heterocycles. The van der Waals surface area contributed by atoms with E-state index in [0.29, 0.717) is 6.54 Å². The molecular weight excluding hydrogens is 302 g/mol. The first kappa shape index (κ1) is 20.2. The maximum atomic E-state index is 12.2. The largest absolute Gasteiger partial charge is 0.355 e. The highest BCUT2D eigenvalue weighted by Crippen LogP contribution is 2.31. The van der Waals surface area contributed by atoms with Gasteiger partial charge in [0.15, 0.2) is 0 Å². The molecule has 1 rings (SSSR count). The number of hydrogen-bond donors (Lipinski definition) is 1. The predicted octanol–water partition coefficient (Wildman–Crippen LogP) is 2.40. The zero-order chi connectivity index (χ0) is 18.3. The van der Waals surface area contributed by atoms with E-state index in [1.807, 2.05) is 38.4 Å². The lowest BCUT2D eigenvalue weighted by atomic mass is 9.85. The summed E-state index contributed by atoms with van der Waals surface area (Å²) in [4.78, 5) is 28.0. The Bertz CT molecular complexity index is 562. The Morgan fingerprint density at radius 2 is 1.75 bits per heavy atom. The van der Waals surface area contributed by atoms with Crippen molar-refractivity contribution in [3.05, 3.63) is 29.8 Å². The molecule has 0 unspecified atom stereocenters. The summed E-state index contributed by atoms with van der Waals surface area (Å²) in [6.45, 7) is 9.39. The Balaban J connectivity index is 2.82. The number of benzene rings is 1. The highest BCUT2D eigenvalue weighted by Gasteiger charge is 2.24. The number of anilines is 1. The van der Waals surface area contributed by atoms with Crippen molar-refractivity contribution in [2.75, 3.05) is 38.6 Å². The van der Waals surface area contributed by atoms with Crippen LogP contribution in [0.2, 0.25) is 0 Å². The van der Waals surface area contributed by atoms with Crippen LogP contribution >= 0.6 is 0 Å². The Kier molecular flexibility index (Phi) is 7.42. The monoisotopic (exact) mass is 333 g/mol. The van der Waals surface area contributed by atoms with Gasteiger partial charge >= 0.3 is 0 Å². The van der Waals surface area contributed by atoms with E-state index >= 15 is 0 Å². The van der Waals surface area contributed by atoms with E-state index in [9.17, 15) is 9.59 Å². The number of carbonyl (C=O) groups is 2. The molecule has 0 atom stereocenters. The van der Waals surface area contributed by atoms with Gasteiger partial charge in [-0.25, -0.2) is 0 Å². The molecule has 0 saturated carbocycles. The van der Waals surface area contributed by atoms with E-state index in [-0.39, 0.29) is 23.8 Å². The minimum atomic E-state index is -0.132. The van der Waals surface area contributed by atoms with Crippen molar-refractivity contribution in [3.63, 3.8) is 0 Å². The second-order valence-electron chi connectivity index (χ2n) is 7.38. The Labute approximate surface area is 146 Å². The van der Waals surface area contributed by atoms with Crippen LogP contribution in [0.15, 0.2) is 24.3 Å². The van der Waals surface area contributed by atoms with Crippen LogP contribution in [0.1, 0.15) is 39.7 Å². The fourth-order valence-electron chi connectivity index (χ4n) is 2.53. The van der Waals surface area contributed by atoms with Crippen molar-refractivity contribution in [3.8, 4) is 0 Å². The fourth-order valence-corrected chi connectivity index (χ4v) is 2.53. The van der Waals surface area contributed by atoms with Crippen molar-refractivity contribution >= 4 is 17.5 Å². The summed E-state index contributed by atoms with van der Waals surface area (Å²) in [6.07, 6.45) is 0.886. The average Bonchev–Trinajstić information content (AvgIpc) is 2.48. The molecule has 5 nitrogen and oxygen atoms in total. The van der Waals surface area contributed by atoms with Gasteiger partial charge in [0.25, 0.3) is 0 Å². The smallest absolute Gasteiger partial charge is 0.240 e. The normalized spacial score (nSPS) is 11.5. The van der Waals surface area contributed by atoms with Crippen molar-refractivity contribution in [1.29, 1.82) is 0 Å². The molecule has 0 aliphatic rings. The third-order valence-corrected chi connectivity index (χ3v) is 3.79. The molecule has 0 bridgehead atoms. The number of hydrogen-bond acceptors (Lipinski definition) is 3. The van der Waals surface area contributed by atoms with Gasteiger partial charge in [-0.3, -0.25) is 9.59 Å². The third kappa shape index (κ3) is 6.32. The van der Waals surface area contributed by atoms with Crippen LogP contribution in [0.4, 0.5) is 5.69 Å². The molecule has 0 saturated heterocycles. The Morgan fingerprint density at radius 1 is 1.12 bits per heavy atom. The minimum Gasteiger partial charge on any atom is -0.355 e. The standard InChI is InChI=1S/C19H31N3O2/c1-15(23)22(14-18(24)20-12-9-13-21(5)6)17-11-8-7-10-16(17)19(2,3)4/h7-8,10-11H,9,12-14H2,1-6H3,(H,20,24). The molecule has 0 aromatic heterocycles. The van der Waals surface area contributed by atoms with E-state index in [2.05, 4.69) is 31.0 Å². The van der Waals surface area contributed by atoms with Crippen LogP contribution in [0.3, 0.4) is 0 Å². The summed E-state index contributed by atoms with van der Waals surface area (Å²) in [5.74, 6) is -0.261. The topological polar surface area (TPSA) is 52.7 Å². The van der Waals surface area contributed by atoms with Gasteiger partial charge in [-0.2, -0.15) is 0 Å². The zero-order valence-electron chi connectivity index (χ0n) is 15.8. The van der Waals surface area contributed by atoms with Gasteiger partial charge in [-0.05, 0) is 44.1 Å². The maximum Gasteiger partial charge on any atom is 0.240 e. The molecular formula is C19H31N3O2. The molecule has 1 N–H and O–H groups in total. The highest BCUT2D eigenvalue weighted by molar-refractivity contribution is 5.98. The zero-order valence-corrected chi connectivity index (χ0v) is 15.8. The highest BCUT2D eigenvalue weighted by atomic mass is 16.2. The number of nitrogens with one attached hydrogen (secondary N) is 1. The number of rotatable bonds is 7. The van der Waals surface area contributed by atoms with Gasteiger partial charge in [-0.1, -0.05) is 39.0 Å². The van der Waals surface area contributed by atoms with E-state index in [1.165, 1.54) is 6.92 Å². The molecule has 1 aromatic rings. The second-order valence-corrected chi connectivity index (χ2v) is 7.38. The third-order valence-electron chi connectivity index (χ3n) is 3.79. The van der Waals surface area contributed by atoms with Crippen LogP contribution in [0, 0.1) is 0 Å².